The van der Waals surface area contributed by atoms with Crippen LogP contribution in [0.1, 0.15) is 12.8 Å². The molecule has 1 atom stereocenters. The lowest BCUT2D eigenvalue weighted by molar-refractivity contribution is 0.517. The van der Waals surface area contributed by atoms with Crippen molar-refractivity contribution < 1.29 is 16.8 Å². The molecule has 1 aliphatic rings. The van der Waals surface area contributed by atoms with Gasteiger partial charge in [0.2, 0.25) is 16.0 Å². The molecule has 8 nitrogen and oxygen atoms in total. The van der Waals surface area contributed by atoms with Crippen LogP contribution in [0, 0.1) is 0 Å². The summed E-state index contributed by atoms with van der Waals surface area (Å²) >= 11 is 0. The Morgan fingerprint density at radius 3 is 2.53 bits per heavy atom. The van der Waals surface area contributed by atoms with Gasteiger partial charge in [-0.25, -0.2) is 31.5 Å². The molecule has 1 aromatic rings. The third kappa shape index (κ3) is 3.61. The number of nitrogens with one attached hydrogen (secondary N) is 1. The van der Waals surface area contributed by atoms with Crippen molar-refractivity contribution in [2.45, 2.75) is 23.8 Å². The Bertz CT molecular complexity index is 654. The molecule has 0 aromatic carbocycles. The van der Waals surface area contributed by atoms with Crippen LogP contribution < -0.4 is 10.5 Å². The Morgan fingerprint density at radius 1 is 1.32 bits per heavy atom. The van der Waals surface area contributed by atoms with E-state index in [0.29, 0.717) is 12.8 Å². The lowest BCUT2D eigenvalue weighted by Crippen LogP contribution is -2.43. The first kappa shape index (κ1) is 14.2. The minimum Gasteiger partial charge on any atom is -0.368 e. The van der Waals surface area contributed by atoms with Crippen LogP contribution in [-0.2, 0) is 19.9 Å². The molecule has 0 aliphatic carbocycles. The van der Waals surface area contributed by atoms with E-state index in [0.717, 1.165) is 12.4 Å². The molecule has 0 radical (unpaired) electrons. The summed E-state index contributed by atoms with van der Waals surface area (Å²) in [7, 11) is -6.99. The lowest BCUT2D eigenvalue weighted by atomic mass is 10.2. The van der Waals surface area contributed by atoms with Crippen LogP contribution in [0.2, 0.25) is 0 Å². The maximum atomic E-state index is 12.0. The highest BCUT2D eigenvalue weighted by Gasteiger charge is 2.28. The minimum absolute atomic E-state index is 0.0285. The molecule has 106 valence electrons. The third-order valence-corrected chi connectivity index (χ3v) is 6.04. The monoisotopic (exact) mass is 306 g/mol. The number of rotatable bonds is 3. The molecule has 0 bridgehead atoms. The van der Waals surface area contributed by atoms with Crippen LogP contribution >= 0.6 is 0 Å². The van der Waals surface area contributed by atoms with Gasteiger partial charge in [0, 0.05) is 6.04 Å². The number of nitrogen functional groups attached to an aromatic ring is 1. The van der Waals surface area contributed by atoms with E-state index in [1.165, 1.54) is 0 Å². The van der Waals surface area contributed by atoms with Gasteiger partial charge in [0.05, 0.1) is 23.9 Å². The van der Waals surface area contributed by atoms with Crippen molar-refractivity contribution in [3.05, 3.63) is 12.4 Å². The molecule has 3 N–H and O–H groups in total. The molecule has 0 saturated carbocycles. The minimum atomic E-state index is -3.82. The number of hydrogen-bond acceptors (Lipinski definition) is 7. The molecule has 2 rings (SSSR count). The smallest absolute Gasteiger partial charge is 0.243 e. The second kappa shape index (κ2) is 5.02. The van der Waals surface area contributed by atoms with E-state index < -0.39 is 25.9 Å². The predicted octanol–water partition coefficient (Wildman–Crippen LogP) is -1.09. The van der Waals surface area contributed by atoms with Crippen molar-refractivity contribution in [2.24, 2.45) is 0 Å². The maximum Gasteiger partial charge on any atom is 0.243 e. The van der Waals surface area contributed by atoms with Crippen molar-refractivity contribution in [3.63, 3.8) is 0 Å². The van der Waals surface area contributed by atoms with Crippen molar-refractivity contribution >= 4 is 25.8 Å². The first-order valence-corrected chi connectivity index (χ1v) is 8.89. The van der Waals surface area contributed by atoms with Crippen molar-refractivity contribution in [2.75, 3.05) is 17.2 Å². The standard InChI is InChI=1S/C9H14N4O4S2/c10-9-11-4-8(5-12-9)19(16,17)13-7-2-1-3-18(14,15)6-7/h4-5,7,13H,1-3,6H2,(H2,10,11,12). The Morgan fingerprint density at radius 2 is 1.95 bits per heavy atom. The number of sulfonamides is 1. The zero-order chi connectivity index (χ0) is 14.1. The van der Waals surface area contributed by atoms with Gasteiger partial charge in [-0.15, -0.1) is 0 Å². The van der Waals surface area contributed by atoms with Gasteiger partial charge in [0.25, 0.3) is 0 Å². The molecule has 1 aliphatic heterocycles. The summed E-state index contributed by atoms with van der Waals surface area (Å²) in [5.74, 6) is -0.0997. The summed E-state index contributed by atoms with van der Waals surface area (Å²) in [6, 6.07) is -0.610. The largest absolute Gasteiger partial charge is 0.368 e. The second-order valence-electron chi connectivity index (χ2n) is 4.35. The van der Waals surface area contributed by atoms with Gasteiger partial charge in [-0.05, 0) is 12.8 Å². The summed E-state index contributed by atoms with van der Waals surface area (Å²) in [4.78, 5) is 7.06. The topological polar surface area (TPSA) is 132 Å². The molecular formula is C9H14N4O4S2. The van der Waals surface area contributed by atoms with Gasteiger partial charge in [0.1, 0.15) is 4.90 Å². The van der Waals surface area contributed by atoms with E-state index in [1.54, 1.807) is 0 Å². The number of nitrogens with zero attached hydrogens (tertiary/aromatic N) is 2. The van der Waals surface area contributed by atoms with Crippen LogP contribution in [0.4, 0.5) is 5.95 Å². The fraction of sp³-hybridized carbons (Fsp3) is 0.556. The van der Waals surface area contributed by atoms with Crippen LogP contribution in [-0.4, -0.2) is 44.4 Å². The predicted molar refractivity (Wildman–Crippen MR) is 68.4 cm³/mol. The van der Waals surface area contributed by atoms with E-state index in [1.807, 2.05) is 0 Å². The molecule has 10 heteroatoms. The van der Waals surface area contributed by atoms with Crippen LogP contribution in [0.5, 0.6) is 0 Å². The first-order chi connectivity index (χ1) is 8.78. The number of hydrogen-bond donors (Lipinski definition) is 2. The molecule has 0 amide bonds. The quantitative estimate of drug-likeness (QED) is 0.725. The normalized spacial score (nSPS) is 23.1. The Balaban J connectivity index is 2.15. The summed E-state index contributed by atoms with van der Waals surface area (Å²) in [6.45, 7) is 0. The molecule has 1 fully saturated rings. The fourth-order valence-corrected chi connectivity index (χ4v) is 4.77. The van der Waals surface area contributed by atoms with Gasteiger partial charge in [0.15, 0.2) is 9.84 Å². The number of sulfone groups is 1. The van der Waals surface area contributed by atoms with Gasteiger partial charge in [-0.2, -0.15) is 0 Å². The van der Waals surface area contributed by atoms with Gasteiger partial charge < -0.3 is 5.73 Å². The van der Waals surface area contributed by atoms with Crippen molar-refractivity contribution in [1.29, 1.82) is 0 Å². The molecule has 2 heterocycles. The van der Waals surface area contributed by atoms with Gasteiger partial charge >= 0.3 is 0 Å². The zero-order valence-corrected chi connectivity index (χ0v) is 11.6. The zero-order valence-electron chi connectivity index (χ0n) is 9.98. The SMILES string of the molecule is Nc1ncc(S(=O)(=O)NC2CCCS(=O)(=O)C2)cn1. The molecule has 0 spiro atoms. The van der Waals surface area contributed by atoms with Crippen LogP contribution in [0.15, 0.2) is 17.3 Å². The van der Waals surface area contributed by atoms with E-state index in [-0.39, 0.29) is 22.3 Å². The van der Waals surface area contributed by atoms with Gasteiger partial charge in [-0.3, -0.25) is 0 Å². The number of aromatic nitrogens is 2. The average molecular weight is 306 g/mol. The maximum absolute atomic E-state index is 12.0. The Hall–Kier alpha value is -1.26. The first-order valence-electron chi connectivity index (χ1n) is 5.59. The highest BCUT2D eigenvalue weighted by atomic mass is 32.2. The molecule has 1 aromatic heterocycles. The third-order valence-electron chi connectivity index (χ3n) is 2.74. The van der Waals surface area contributed by atoms with E-state index >= 15 is 0 Å². The molecule has 19 heavy (non-hydrogen) atoms. The summed E-state index contributed by atoms with van der Waals surface area (Å²) < 4.78 is 49.3. The van der Waals surface area contributed by atoms with Crippen LogP contribution in [0.3, 0.4) is 0 Å². The Labute approximate surface area is 111 Å². The van der Waals surface area contributed by atoms with E-state index in [9.17, 15) is 16.8 Å². The number of anilines is 1. The molecule has 1 saturated heterocycles. The van der Waals surface area contributed by atoms with Crippen molar-refractivity contribution in [3.8, 4) is 0 Å². The van der Waals surface area contributed by atoms with E-state index in [4.69, 9.17) is 5.73 Å². The number of nitrogens with two attached hydrogens (primary N) is 1. The second-order valence-corrected chi connectivity index (χ2v) is 8.29. The summed E-state index contributed by atoms with van der Waals surface area (Å²) in [5.41, 5.74) is 5.27. The van der Waals surface area contributed by atoms with Gasteiger partial charge in [-0.1, -0.05) is 0 Å². The highest BCUT2D eigenvalue weighted by Crippen LogP contribution is 2.15. The lowest BCUT2D eigenvalue weighted by Gasteiger charge is -2.22. The highest BCUT2D eigenvalue weighted by molar-refractivity contribution is 7.91. The molecular weight excluding hydrogens is 292 g/mol. The summed E-state index contributed by atoms with van der Waals surface area (Å²) in [5, 5.41) is 0. The van der Waals surface area contributed by atoms with Crippen LogP contribution in [0.25, 0.3) is 0 Å². The molecule has 1 unspecified atom stereocenters. The fourth-order valence-electron chi connectivity index (χ4n) is 1.87. The van der Waals surface area contributed by atoms with E-state index in [2.05, 4.69) is 14.7 Å². The Kier molecular flexibility index (Phi) is 3.74. The average Bonchev–Trinajstić information content (AvgIpc) is 2.27. The summed E-state index contributed by atoms with van der Waals surface area (Å²) in [6.07, 6.45) is 3.12. The van der Waals surface area contributed by atoms with Crippen molar-refractivity contribution in [1.82, 2.24) is 14.7 Å².